The average molecular weight is 424 g/mol. The largest absolute Gasteiger partial charge is 0.488 e. The standard InChI is InChI=1S/C23H25FN4O3/c1-23(24)6-3-7-27(14-23)21(29)15-11-19-20(25-12-15)28(8-9-31-19)17-4-5-18-16(10-17)13-26(2)22(18)30/h4-5,10-12H,3,6-9,13-14H2,1-2H3. The predicted molar refractivity (Wildman–Crippen MR) is 114 cm³/mol. The number of alkyl halides is 1. The van der Waals surface area contributed by atoms with Gasteiger partial charge in [-0.1, -0.05) is 0 Å². The van der Waals surface area contributed by atoms with E-state index >= 15 is 0 Å². The molecule has 4 heterocycles. The molecule has 0 bridgehead atoms. The SMILES string of the molecule is CN1Cc2cc(N3CCOc4cc(C(=O)N5CCCC(C)(F)C5)cnc43)ccc2C1=O. The van der Waals surface area contributed by atoms with Crippen molar-refractivity contribution in [2.45, 2.75) is 32.0 Å². The summed E-state index contributed by atoms with van der Waals surface area (Å²) in [6.45, 7) is 3.84. The Morgan fingerprint density at radius 1 is 1.26 bits per heavy atom. The van der Waals surface area contributed by atoms with Crippen LogP contribution in [0.15, 0.2) is 30.5 Å². The molecular weight excluding hydrogens is 399 g/mol. The Kier molecular flexibility index (Phi) is 4.60. The number of amides is 2. The van der Waals surface area contributed by atoms with E-state index < -0.39 is 5.67 Å². The molecule has 2 amide bonds. The third-order valence-electron chi connectivity index (χ3n) is 6.23. The molecule has 3 aliphatic rings. The van der Waals surface area contributed by atoms with Crippen LogP contribution in [0, 0.1) is 0 Å². The van der Waals surface area contributed by atoms with Crippen LogP contribution >= 0.6 is 0 Å². The van der Waals surface area contributed by atoms with E-state index in [0.29, 0.717) is 56.2 Å². The number of ether oxygens (including phenoxy) is 1. The third kappa shape index (κ3) is 3.49. The first-order valence-corrected chi connectivity index (χ1v) is 10.6. The number of fused-ring (bicyclic) bond motifs is 2. The molecule has 0 N–H and O–H groups in total. The van der Waals surface area contributed by atoms with Crippen LogP contribution in [0.4, 0.5) is 15.9 Å². The summed E-state index contributed by atoms with van der Waals surface area (Å²) >= 11 is 0. The van der Waals surface area contributed by atoms with Crippen molar-refractivity contribution >= 4 is 23.3 Å². The number of rotatable bonds is 2. The number of hydrogen-bond donors (Lipinski definition) is 0. The van der Waals surface area contributed by atoms with Crippen molar-refractivity contribution in [2.24, 2.45) is 0 Å². The molecule has 7 nitrogen and oxygen atoms in total. The summed E-state index contributed by atoms with van der Waals surface area (Å²) in [6, 6.07) is 7.49. The molecule has 2 aromatic rings. The topological polar surface area (TPSA) is 66.0 Å². The second-order valence-corrected chi connectivity index (χ2v) is 8.79. The molecule has 8 heteroatoms. The fourth-order valence-corrected chi connectivity index (χ4v) is 4.64. The summed E-state index contributed by atoms with van der Waals surface area (Å²) in [6.07, 6.45) is 2.66. The minimum Gasteiger partial charge on any atom is -0.488 e. The number of pyridine rings is 1. The van der Waals surface area contributed by atoms with Crippen LogP contribution in [0.5, 0.6) is 5.75 Å². The first-order chi connectivity index (χ1) is 14.8. The highest BCUT2D eigenvalue weighted by Crippen LogP contribution is 2.37. The summed E-state index contributed by atoms with van der Waals surface area (Å²) in [5, 5.41) is 0. The van der Waals surface area contributed by atoms with E-state index in [1.807, 2.05) is 23.1 Å². The monoisotopic (exact) mass is 424 g/mol. The molecule has 0 saturated carbocycles. The van der Waals surface area contributed by atoms with Gasteiger partial charge in [0.15, 0.2) is 11.6 Å². The van der Waals surface area contributed by atoms with Crippen molar-refractivity contribution in [3.8, 4) is 5.75 Å². The quantitative estimate of drug-likeness (QED) is 0.741. The van der Waals surface area contributed by atoms with Gasteiger partial charge in [-0.2, -0.15) is 0 Å². The van der Waals surface area contributed by atoms with Crippen molar-refractivity contribution in [3.63, 3.8) is 0 Å². The lowest BCUT2D eigenvalue weighted by Gasteiger charge is -2.35. The first kappa shape index (κ1) is 19.8. The molecule has 1 unspecified atom stereocenters. The summed E-state index contributed by atoms with van der Waals surface area (Å²) in [4.78, 5) is 34.9. The van der Waals surface area contributed by atoms with Crippen LogP contribution in [0.25, 0.3) is 0 Å². The number of hydrogen-bond acceptors (Lipinski definition) is 5. The zero-order valence-electron chi connectivity index (χ0n) is 17.7. The Labute approximate surface area is 180 Å². The van der Waals surface area contributed by atoms with Gasteiger partial charge < -0.3 is 19.4 Å². The number of halogens is 1. The number of carbonyl (C=O) groups is 2. The highest BCUT2D eigenvalue weighted by Gasteiger charge is 2.34. The minimum atomic E-state index is -1.36. The second kappa shape index (κ2) is 7.21. The Hall–Kier alpha value is -3.16. The second-order valence-electron chi connectivity index (χ2n) is 8.79. The average Bonchev–Trinajstić information content (AvgIpc) is 3.04. The fraction of sp³-hybridized carbons (Fsp3) is 0.435. The minimum absolute atomic E-state index is 0.0345. The number of benzene rings is 1. The molecule has 3 aliphatic heterocycles. The summed E-state index contributed by atoms with van der Waals surface area (Å²) in [7, 11) is 1.79. The van der Waals surface area contributed by atoms with Gasteiger partial charge in [0.25, 0.3) is 11.8 Å². The van der Waals surface area contributed by atoms with E-state index in [1.54, 1.807) is 29.8 Å². The zero-order chi connectivity index (χ0) is 21.8. The van der Waals surface area contributed by atoms with Gasteiger partial charge in [-0.25, -0.2) is 9.37 Å². The predicted octanol–water partition coefficient (Wildman–Crippen LogP) is 3.16. The molecule has 0 spiro atoms. The smallest absolute Gasteiger partial charge is 0.255 e. The van der Waals surface area contributed by atoms with Crippen LogP contribution in [0.2, 0.25) is 0 Å². The van der Waals surface area contributed by atoms with Crippen molar-refractivity contribution in [2.75, 3.05) is 38.2 Å². The number of aromatic nitrogens is 1. The number of nitrogens with zero attached hydrogens (tertiary/aromatic N) is 4. The maximum absolute atomic E-state index is 14.4. The number of piperidine rings is 1. The van der Waals surface area contributed by atoms with Gasteiger partial charge in [0.05, 0.1) is 18.7 Å². The molecule has 0 aliphatic carbocycles. The van der Waals surface area contributed by atoms with Crippen molar-refractivity contribution in [1.29, 1.82) is 0 Å². The van der Waals surface area contributed by atoms with Gasteiger partial charge in [0.1, 0.15) is 12.3 Å². The zero-order valence-corrected chi connectivity index (χ0v) is 17.7. The van der Waals surface area contributed by atoms with E-state index in [1.165, 1.54) is 6.20 Å². The van der Waals surface area contributed by atoms with E-state index in [2.05, 4.69) is 4.98 Å². The maximum Gasteiger partial charge on any atom is 0.255 e. The summed E-state index contributed by atoms with van der Waals surface area (Å²) < 4.78 is 20.2. The molecule has 0 radical (unpaired) electrons. The molecule has 1 aromatic heterocycles. The van der Waals surface area contributed by atoms with Crippen LogP contribution in [0.1, 0.15) is 46.0 Å². The lowest BCUT2D eigenvalue weighted by atomic mass is 9.96. The lowest BCUT2D eigenvalue weighted by Crippen LogP contribution is -2.46. The van der Waals surface area contributed by atoms with Gasteiger partial charge >= 0.3 is 0 Å². The normalized spacial score (nSPS) is 22.8. The van der Waals surface area contributed by atoms with Crippen LogP contribution in [-0.4, -0.2) is 65.6 Å². The Bertz CT molecular complexity index is 1070. The van der Waals surface area contributed by atoms with Gasteiger partial charge in [-0.15, -0.1) is 0 Å². The van der Waals surface area contributed by atoms with Crippen LogP contribution in [-0.2, 0) is 6.54 Å². The van der Waals surface area contributed by atoms with E-state index in [-0.39, 0.29) is 18.4 Å². The summed E-state index contributed by atoms with van der Waals surface area (Å²) in [5.41, 5.74) is 1.70. The Morgan fingerprint density at radius 2 is 2.10 bits per heavy atom. The van der Waals surface area contributed by atoms with Gasteiger partial charge in [-0.3, -0.25) is 9.59 Å². The molecule has 31 heavy (non-hydrogen) atoms. The third-order valence-corrected chi connectivity index (χ3v) is 6.23. The van der Waals surface area contributed by atoms with Crippen molar-refractivity contribution < 1.29 is 18.7 Å². The van der Waals surface area contributed by atoms with Gasteiger partial charge in [0, 0.05) is 37.6 Å². The van der Waals surface area contributed by atoms with E-state index in [0.717, 1.165) is 16.8 Å². The molecule has 1 fully saturated rings. The van der Waals surface area contributed by atoms with Crippen molar-refractivity contribution in [1.82, 2.24) is 14.8 Å². The highest BCUT2D eigenvalue weighted by atomic mass is 19.1. The van der Waals surface area contributed by atoms with Gasteiger partial charge in [0.2, 0.25) is 0 Å². The van der Waals surface area contributed by atoms with Crippen molar-refractivity contribution in [3.05, 3.63) is 47.2 Å². The molecule has 5 rings (SSSR count). The van der Waals surface area contributed by atoms with Crippen LogP contribution < -0.4 is 9.64 Å². The molecule has 1 saturated heterocycles. The number of carbonyl (C=O) groups excluding carboxylic acids is 2. The highest BCUT2D eigenvalue weighted by molar-refractivity contribution is 5.99. The van der Waals surface area contributed by atoms with Gasteiger partial charge in [-0.05, 0) is 49.6 Å². The fourth-order valence-electron chi connectivity index (χ4n) is 4.64. The number of anilines is 2. The van der Waals surface area contributed by atoms with Crippen LogP contribution in [0.3, 0.4) is 0 Å². The molecule has 1 atom stereocenters. The number of likely N-dealkylation sites (tertiary alicyclic amines) is 1. The lowest BCUT2D eigenvalue weighted by molar-refractivity contribution is 0.0416. The molecule has 1 aromatic carbocycles. The Morgan fingerprint density at radius 3 is 2.90 bits per heavy atom. The summed E-state index contributed by atoms with van der Waals surface area (Å²) in [5.74, 6) is 0.978. The Balaban J connectivity index is 1.42. The molecular formula is C23H25FN4O3. The first-order valence-electron chi connectivity index (χ1n) is 10.6. The maximum atomic E-state index is 14.4. The van der Waals surface area contributed by atoms with E-state index in [4.69, 9.17) is 4.74 Å². The van der Waals surface area contributed by atoms with E-state index in [9.17, 15) is 14.0 Å². The molecule has 162 valence electrons.